The van der Waals surface area contributed by atoms with Crippen LogP contribution < -0.4 is 16.0 Å². The summed E-state index contributed by atoms with van der Waals surface area (Å²) in [5.41, 5.74) is -1.02. The molecule has 0 unspecified atom stereocenters. The molecule has 0 radical (unpaired) electrons. The van der Waals surface area contributed by atoms with Gasteiger partial charge in [-0.3, -0.25) is 4.99 Å². The molecule has 0 bridgehead atoms. The molecule has 0 saturated heterocycles. The predicted octanol–water partition coefficient (Wildman–Crippen LogP) is 1.93. The normalized spacial score (nSPS) is 12.2. The van der Waals surface area contributed by atoms with Gasteiger partial charge in [-0.2, -0.15) is 0 Å². The Morgan fingerprint density at radius 3 is 2.48 bits per heavy atom. The van der Waals surface area contributed by atoms with Crippen molar-refractivity contribution < 1.29 is 9.53 Å². The van der Waals surface area contributed by atoms with Gasteiger partial charge in [0.1, 0.15) is 17.8 Å². The fourth-order valence-electron chi connectivity index (χ4n) is 2.18. The molecule has 156 valence electrons. The Morgan fingerprint density at radius 1 is 1.26 bits per heavy atom. The number of aryl methyl sites for hydroxylation is 1. The summed E-state index contributed by atoms with van der Waals surface area (Å²) >= 11 is 0. The van der Waals surface area contributed by atoms with Gasteiger partial charge in [0.15, 0.2) is 5.96 Å². The average Bonchev–Trinajstić information content (AvgIpc) is 2.95. The van der Waals surface area contributed by atoms with Crippen LogP contribution in [0.5, 0.6) is 0 Å². The summed E-state index contributed by atoms with van der Waals surface area (Å²) < 4.78 is 7.30. The smallest absolute Gasteiger partial charge is 0.408 e. The molecule has 0 saturated carbocycles. The molecule has 0 aliphatic carbocycles. The molecular weight excluding hydrogens is 461 g/mol. The summed E-state index contributed by atoms with van der Waals surface area (Å²) in [6, 6.07) is 0. The Balaban J connectivity index is 0.00000676. The summed E-state index contributed by atoms with van der Waals surface area (Å²) in [5, 5.41) is 17.3. The molecule has 10 heteroatoms. The van der Waals surface area contributed by atoms with E-state index in [0.717, 1.165) is 18.8 Å². The first kappa shape index (κ1) is 25.4. The second-order valence-electron chi connectivity index (χ2n) is 7.66. The molecule has 0 spiro atoms. The van der Waals surface area contributed by atoms with Gasteiger partial charge in [0, 0.05) is 33.1 Å². The second kappa shape index (κ2) is 11.3. The molecule has 0 aromatic carbocycles. The summed E-state index contributed by atoms with van der Waals surface area (Å²) in [6.45, 7) is 13.3. The predicted molar refractivity (Wildman–Crippen MR) is 118 cm³/mol. The highest BCUT2D eigenvalue weighted by atomic mass is 127. The lowest BCUT2D eigenvalue weighted by Gasteiger charge is -2.29. The minimum Gasteiger partial charge on any atom is -0.444 e. The lowest BCUT2D eigenvalue weighted by molar-refractivity contribution is 0.0474. The first-order chi connectivity index (χ1) is 12.1. The van der Waals surface area contributed by atoms with Gasteiger partial charge >= 0.3 is 6.09 Å². The molecular formula is C17H34IN7O2. The quantitative estimate of drug-likeness (QED) is 0.303. The number of aliphatic imine (C=N–C) groups is 1. The van der Waals surface area contributed by atoms with Crippen molar-refractivity contribution in [2.24, 2.45) is 4.99 Å². The largest absolute Gasteiger partial charge is 0.444 e. The zero-order valence-electron chi connectivity index (χ0n) is 17.4. The summed E-state index contributed by atoms with van der Waals surface area (Å²) in [6.07, 6.45) is 2.13. The molecule has 1 rings (SSSR count). The maximum Gasteiger partial charge on any atom is 0.408 e. The summed E-state index contributed by atoms with van der Waals surface area (Å²) in [4.78, 5) is 16.1. The van der Waals surface area contributed by atoms with Crippen LogP contribution in [0, 0.1) is 0 Å². The first-order valence-corrected chi connectivity index (χ1v) is 8.88. The van der Waals surface area contributed by atoms with Crippen LogP contribution in [-0.2, 0) is 17.7 Å². The molecule has 0 fully saturated rings. The first-order valence-electron chi connectivity index (χ1n) is 8.88. The molecule has 0 aliphatic rings. The Bertz CT molecular complexity index is 609. The van der Waals surface area contributed by atoms with Crippen molar-refractivity contribution >= 4 is 36.0 Å². The molecule has 1 aromatic heterocycles. The van der Waals surface area contributed by atoms with E-state index in [1.54, 1.807) is 13.4 Å². The third-order valence-electron chi connectivity index (χ3n) is 3.42. The molecule has 0 atom stereocenters. The number of nitrogens with zero attached hydrogens (tertiary/aromatic N) is 4. The van der Waals surface area contributed by atoms with Crippen molar-refractivity contribution in [1.82, 2.24) is 30.7 Å². The van der Waals surface area contributed by atoms with Crippen LogP contribution in [0.1, 0.15) is 47.4 Å². The molecule has 27 heavy (non-hydrogen) atoms. The standard InChI is InChI=1S/C17H33N7O2.HI/c1-8-13-23-21-12-24(13)10-9-19-14(18-7)20-11-17(5,6)22-15(25)26-16(2,3)4;/h12H,8-11H2,1-7H3,(H,22,25)(H2,18,19,20);1H. The van der Waals surface area contributed by atoms with Crippen LogP contribution in [0.2, 0.25) is 0 Å². The number of alkyl carbamates (subject to hydrolysis) is 1. The zero-order chi connectivity index (χ0) is 19.8. The number of carbonyl (C=O) groups excluding carboxylic acids is 1. The highest BCUT2D eigenvalue weighted by Crippen LogP contribution is 2.09. The van der Waals surface area contributed by atoms with Gasteiger partial charge in [-0.05, 0) is 34.6 Å². The monoisotopic (exact) mass is 495 g/mol. The van der Waals surface area contributed by atoms with Crippen LogP contribution in [0.25, 0.3) is 0 Å². The summed E-state index contributed by atoms with van der Waals surface area (Å²) in [7, 11) is 1.71. The molecule has 1 aromatic rings. The van der Waals surface area contributed by atoms with Crippen LogP contribution >= 0.6 is 24.0 Å². The third kappa shape index (κ3) is 10.4. The second-order valence-corrected chi connectivity index (χ2v) is 7.66. The van der Waals surface area contributed by atoms with Crippen LogP contribution in [0.3, 0.4) is 0 Å². The van der Waals surface area contributed by atoms with Gasteiger partial charge in [-0.25, -0.2) is 4.79 Å². The number of ether oxygens (including phenoxy) is 1. The minimum atomic E-state index is -0.523. The van der Waals surface area contributed by atoms with Crippen LogP contribution in [-0.4, -0.2) is 58.1 Å². The molecule has 1 heterocycles. The number of hydrogen-bond acceptors (Lipinski definition) is 5. The number of carbonyl (C=O) groups is 1. The van der Waals surface area contributed by atoms with E-state index in [2.05, 4.69) is 31.1 Å². The molecule has 3 N–H and O–H groups in total. The van der Waals surface area contributed by atoms with Crippen molar-refractivity contribution in [3.8, 4) is 0 Å². The van der Waals surface area contributed by atoms with Crippen molar-refractivity contribution in [3.05, 3.63) is 12.2 Å². The fraction of sp³-hybridized carbons (Fsp3) is 0.765. The van der Waals surface area contributed by atoms with E-state index in [4.69, 9.17) is 4.74 Å². The van der Waals surface area contributed by atoms with Crippen molar-refractivity contribution in [1.29, 1.82) is 0 Å². The third-order valence-corrected chi connectivity index (χ3v) is 3.42. The Labute approximate surface area is 179 Å². The Kier molecular flexibility index (Phi) is 10.6. The van der Waals surface area contributed by atoms with Gasteiger partial charge in [0.2, 0.25) is 0 Å². The zero-order valence-corrected chi connectivity index (χ0v) is 19.7. The van der Waals surface area contributed by atoms with Crippen LogP contribution in [0.15, 0.2) is 11.3 Å². The minimum absolute atomic E-state index is 0. The van der Waals surface area contributed by atoms with Gasteiger partial charge in [-0.1, -0.05) is 6.92 Å². The lowest BCUT2D eigenvalue weighted by Crippen LogP contribution is -2.54. The van der Waals surface area contributed by atoms with E-state index in [0.29, 0.717) is 19.0 Å². The Hall–Kier alpha value is -1.59. The average molecular weight is 495 g/mol. The number of rotatable bonds is 7. The van der Waals surface area contributed by atoms with Gasteiger partial charge in [0.05, 0.1) is 5.54 Å². The number of amides is 1. The molecule has 9 nitrogen and oxygen atoms in total. The lowest BCUT2D eigenvalue weighted by atomic mass is 10.1. The number of hydrogen-bond donors (Lipinski definition) is 3. The van der Waals surface area contributed by atoms with Crippen molar-refractivity contribution in [2.45, 2.75) is 65.6 Å². The highest BCUT2D eigenvalue weighted by Gasteiger charge is 2.24. The van der Waals surface area contributed by atoms with Crippen molar-refractivity contribution in [3.63, 3.8) is 0 Å². The number of nitrogens with one attached hydrogen (secondary N) is 3. The summed E-state index contributed by atoms with van der Waals surface area (Å²) in [5.74, 6) is 1.62. The van der Waals surface area contributed by atoms with E-state index >= 15 is 0 Å². The van der Waals surface area contributed by atoms with E-state index < -0.39 is 17.2 Å². The number of halogens is 1. The van der Waals surface area contributed by atoms with Gasteiger partial charge < -0.3 is 25.3 Å². The van der Waals surface area contributed by atoms with Gasteiger partial charge in [0.25, 0.3) is 0 Å². The van der Waals surface area contributed by atoms with Gasteiger partial charge in [-0.15, -0.1) is 34.2 Å². The number of guanidine groups is 1. The van der Waals surface area contributed by atoms with E-state index in [1.165, 1.54) is 0 Å². The molecule has 1 amide bonds. The van der Waals surface area contributed by atoms with E-state index in [-0.39, 0.29) is 24.0 Å². The van der Waals surface area contributed by atoms with Crippen LogP contribution in [0.4, 0.5) is 4.79 Å². The van der Waals surface area contributed by atoms with E-state index in [9.17, 15) is 4.79 Å². The maximum atomic E-state index is 11.9. The van der Waals surface area contributed by atoms with Crippen molar-refractivity contribution in [2.75, 3.05) is 20.1 Å². The topological polar surface area (TPSA) is 105 Å². The number of aromatic nitrogens is 3. The van der Waals surface area contributed by atoms with E-state index in [1.807, 2.05) is 46.1 Å². The SMILES string of the molecule is CCc1nncn1CCNC(=NC)NCC(C)(C)NC(=O)OC(C)(C)C.I. The fourth-order valence-corrected chi connectivity index (χ4v) is 2.18. The Morgan fingerprint density at radius 2 is 1.93 bits per heavy atom. The molecule has 0 aliphatic heterocycles. The maximum absolute atomic E-state index is 11.9. The highest BCUT2D eigenvalue weighted by molar-refractivity contribution is 14.0.